The Balaban J connectivity index is 1.72. The Bertz CT molecular complexity index is 421. The highest BCUT2D eigenvalue weighted by molar-refractivity contribution is 6.32. The highest BCUT2D eigenvalue weighted by atomic mass is 35.5. The maximum Gasteiger partial charge on any atom is 0.139 e. The predicted octanol–water partition coefficient (Wildman–Crippen LogP) is 3.95. The molecule has 1 N–H and O–H groups in total. The van der Waals surface area contributed by atoms with Crippen LogP contribution in [0.5, 0.6) is 5.75 Å². The molecular weight excluding hydrogens is 234 g/mol. The van der Waals surface area contributed by atoms with Crippen molar-refractivity contribution in [2.75, 3.05) is 12.4 Å². The van der Waals surface area contributed by atoms with E-state index in [2.05, 4.69) is 5.32 Å². The SMILES string of the molecule is COc1cc(NC2CCC[C@H]3C[C@@H]23)ccc1Cl. The summed E-state index contributed by atoms with van der Waals surface area (Å²) in [6.07, 6.45) is 5.52. The van der Waals surface area contributed by atoms with Crippen molar-refractivity contribution in [3.63, 3.8) is 0 Å². The molecule has 2 fully saturated rings. The molecule has 17 heavy (non-hydrogen) atoms. The van der Waals surface area contributed by atoms with Gasteiger partial charge in [-0.05, 0) is 36.8 Å². The van der Waals surface area contributed by atoms with Crippen LogP contribution in [0.3, 0.4) is 0 Å². The number of halogens is 1. The van der Waals surface area contributed by atoms with Gasteiger partial charge >= 0.3 is 0 Å². The van der Waals surface area contributed by atoms with E-state index in [0.717, 1.165) is 23.3 Å². The van der Waals surface area contributed by atoms with Crippen LogP contribution >= 0.6 is 11.6 Å². The van der Waals surface area contributed by atoms with Gasteiger partial charge in [0.2, 0.25) is 0 Å². The number of hydrogen-bond donors (Lipinski definition) is 1. The van der Waals surface area contributed by atoms with Gasteiger partial charge in [-0.25, -0.2) is 0 Å². The topological polar surface area (TPSA) is 21.3 Å². The van der Waals surface area contributed by atoms with Crippen LogP contribution in [0.25, 0.3) is 0 Å². The molecule has 3 atom stereocenters. The summed E-state index contributed by atoms with van der Waals surface area (Å²) >= 11 is 6.02. The lowest BCUT2D eigenvalue weighted by Gasteiger charge is -2.24. The monoisotopic (exact) mass is 251 g/mol. The molecule has 0 aromatic heterocycles. The Labute approximate surface area is 107 Å². The van der Waals surface area contributed by atoms with E-state index >= 15 is 0 Å². The zero-order chi connectivity index (χ0) is 11.8. The average molecular weight is 252 g/mol. The Kier molecular flexibility index (Phi) is 2.91. The lowest BCUT2D eigenvalue weighted by atomic mass is 9.95. The van der Waals surface area contributed by atoms with Crippen LogP contribution < -0.4 is 10.1 Å². The Morgan fingerprint density at radius 2 is 2.24 bits per heavy atom. The van der Waals surface area contributed by atoms with Gasteiger partial charge in [-0.15, -0.1) is 0 Å². The normalized spacial score (nSPS) is 30.6. The fraction of sp³-hybridized carbons (Fsp3) is 0.571. The number of fused-ring (bicyclic) bond motifs is 1. The summed E-state index contributed by atoms with van der Waals surface area (Å²) in [6.45, 7) is 0. The first-order valence-corrected chi connectivity index (χ1v) is 6.76. The summed E-state index contributed by atoms with van der Waals surface area (Å²) in [6, 6.07) is 6.58. The van der Waals surface area contributed by atoms with Crippen LogP contribution in [0.2, 0.25) is 5.02 Å². The van der Waals surface area contributed by atoms with Crippen LogP contribution in [0.15, 0.2) is 18.2 Å². The molecule has 1 aromatic rings. The van der Waals surface area contributed by atoms with Gasteiger partial charge in [0.1, 0.15) is 5.75 Å². The molecule has 0 amide bonds. The maximum absolute atomic E-state index is 6.02. The van der Waals surface area contributed by atoms with E-state index in [9.17, 15) is 0 Å². The van der Waals surface area contributed by atoms with Gasteiger partial charge in [-0.3, -0.25) is 0 Å². The third kappa shape index (κ3) is 2.23. The predicted molar refractivity (Wildman–Crippen MR) is 70.9 cm³/mol. The first-order chi connectivity index (χ1) is 8.28. The van der Waals surface area contributed by atoms with Crippen molar-refractivity contribution >= 4 is 17.3 Å². The van der Waals surface area contributed by atoms with E-state index in [-0.39, 0.29) is 0 Å². The summed E-state index contributed by atoms with van der Waals surface area (Å²) in [7, 11) is 1.66. The van der Waals surface area contributed by atoms with Gasteiger partial charge in [0, 0.05) is 17.8 Å². The first-order valence-electron chi connectivity index (χ1n) is 6.38. The Morgan fingerprint density at radius 1 is 1.35 bits per heavy atom. The fourth-order valence-corrected chi connectivity index (χ4v) is 3.25. The number of methoxy groups -OCH3 is 1. The zero-order valence-electron chi connectivity index (χ0n) is 10.1. The summed E-state index contributed by atoms with van der Waals surface area (Å²) in [5, 5.41) is 4.31. The van der Waals surface area contributed by atoms with Gasteiger partial charge in [-0.1, -0.05) is 24.4 Å². The van der Waals surface area contributed by atoms with E-state index in [1.165, 1.54) is 25.7 Å². The molecule has 2 saturated carbocycles. The smallest absolute Gasteiger partial charge is 0.139 e. The van der Waals surface area contributed by atoms with Crippen LogP contribution in [0.1, 0.15) is 25.7 Å². The molecule has 0 bridgehead atoms. The Hall–Kier alpha value is -0.890. The van der Waals surface area contributed by atoms with Crippen LogP contribution in [0, 0.1) is 11.8 Å². The zero-order valence-corrected chi connectivity index (χ0v) is 10.8. The van der Waals surface area contributed by atoms with E-state index in [0.29, 0.717) is 11.1 Å². The number of anilines is 1. The number of hydrogen-bond acceptors (Lipinski definition) is 2. The molecule has 3 heteroatoms. The molecule has 0 saturated heterocycles. The summed E-state index contributed by atoms with van der Waals surface area (Å²) in [4.78, 5) is 0. The Morgan fingerprint density at radius 3 is 3.06 bits per heavy atom. The largest absolute Gasteiger partial charge is 0.495 e. The fourth-order valence-electron chi connectivity index (χ4n) is 3.05. The van der Waals surface area contributed by atoms with Gasteiger partial charge in [-0.2, -0.15) is 0 Å². The van der Waals surface area contributed by atoms with Gasteiger partial charge in [0.15, 0.2) is 0 Å². The van der Waals surface area contributed by atoms with Crippen molar-refractivity contribution in [2.45, 2.75) is 31.7 Å². The quantitative estimate of drug-likeness (QED) is 0.878. The molecule has 0 heterocycles. The van der Waals surface area contributed by atoms with E-state index in [4.69, 9.17) is 16.3 Å². The molecule has 2 aliphatic rings. The van der Waals surface area contributed by atoms with Gasteiger partial charge in [0.25, 0.3) is 0 Å². The van der Waals surface area contributed by atoms with Crippen LogP contribution in [-0.2, 0) is 0 Å². The second kappa shape index (κ2) is 4.41. The molecule has 2 aliphatic carbocycles. The molecule has 0 aliphatic heterocycles. The first kappa shape index (κ1) is 11.2. The molecule has 2 nitrogen and oxygen atoms in total. The minimum absolute atomic E-state index is 0.652. The van der Waals surface area contributed by atoms with Gasteiger partial charge < -0.3 is 10.1 Å². The number of ether oxygens (including phenoxy) is 1. The summed E-state index contributed by atoms with van der Waals surface area (Å²) < 4.78 is 5.24. The number of nitrogens with one attached hydrogen (secondary N) is 1. The molecule has 92 valence electrons. The minimum atomic E-state index is 0.652. The maximum atomic E-state index is 6.02. The second-order valence-electron chi connectivity index (χ2n) is 5.19. The van der Waals surface area contributed by atoms with E-state index in [1.54, 1.807) is 7.11 Å². The summed E-state index contributed by atoms with van der Waals surface area (Å²) in [5.41, 5.74) is 1.13. The molecule has 1 unspecified atom stereocenters. The van der Waals surface area contributed by atoms with Crippen molar-refractivity contribution in [2.24, 2.45) is 11.8 Å². The average Bonchev–Trinajstić information content (AvgIpc) is 3.12. The molecule has 0 radical (unpaired) electrons. The van der Waals surface area contributed by atoms with Crippen molar-refractivity contribution in [3.05, 3.63) is 23.2 Å². The number of rotatable bonds is 3. The number of benzene rings is 1. The van der Waals surface area contributed by atoms with Crippen LogP contribution in [-0.4, -0.2) is 13.2 Å². The van der Waals surface area contributed by atoms with Crippen molar-refractivity contribution in [3.8, 4) is 5.75 Å². The van der Waals surface area contributed by atoms with E-state index in [1.807, 2.05) is 18.2 Å². The molecule has 3 rings (SSSR count). The molecule has 0 spiro atoms. The lowest BCUT2D eigenvalue weighted by molar-refractivity contribution is 0.414. The van der Waals surface area contributed by atoms with E-state index < -0.39 is 0 Å². The molecular formula is C14H18ClNO. The second-order valence-corrected chi connectivity index (χ2v) is 5.60. The van der Waals surface area contributed by atoms with Crippen LogP contribution in [0.4, 0.5) is 5.69 Å². The minimum Gasteiger partial charge on any atom is -0.495 e. The van der Waals surface area contributed by atoms with Crippen molar-refractivity contribution in [1.29, 1.82) is 0 Å². The third-order valence-electron chi connectivity index (χ3n) is 4.09. The van der Waals surface area contributed by atoms with Crippen molar-refractivity contribution in [1.82, 2.24) is 0 Å². The standard InChI is InChI=1S/C14H18ClNO/c1-17-14-8-10(5-6-12(14)15)16-13-4-2-3-9-7-11(9)13/h5-6,8-9,11,13,16H,2-4,7H2,1H3/t9-,11+,13?/m0/s1. The third-order valence-corrected chi connectivity index (χ3v) is 4.40. The van der Waals surface area contributed by atoms with Crippen molar-refractivity contribution < 1.29 is 4.74 Å². The lowest BCUT2D eigenvalue weighted by Crippen LogP contribution is -2.25. The van der Waals surface area contributed by atoms with Gasteiger partial charge in [0.05, 0.1) is 12.1 Å². The highest BCUT2D eigenvalue weighted by Gasteiger charge is 2.45. The summed E-state index contributed by atoms with van der Waals surface area (Å²) in [5.74, 6) is 2.65. The highest BCUT2D eigenvalue weighted by Crippen LogP contribution is 2.50. The molecule has 1 aromatic carbocycles.